The number of carbonyl (C=O) groups is 2. The quantitative estimate of drug-likeness (QED) is 0.363. The molecule has 3 heterocycles. The zero-order valence-corrected chi connectivity index (χ0v) is 25.5. The highest BCUT2D eigenvalue weighted by Gasteiger charge is 2.46. The third kappa shape index (κ3) is 5.90. The number of fused-ring (bicyclic) bond motifs is 2. The van der Waals surface area contributed by atoms with Crippen LogP contribution in [0.5, 0.6) is 5.75 Å². The summed E-state index contributed by atoms with van der Waals surface area (Å²) in [5.74, 6) is 0.558. The molecule has 0 spiro atoms. The van der Waals surface area contributed by atoms with Crippen LogP contribution < -0.4 is 9.64 Å². The van der Waals surface area contributed by atoms with Gasteiger partial charge < -0.3 is 19.6 Å². The highest BCUT2D eigenvalue weighted by atomic mass is 32.1. The van der Waals surface area contributed by atoms with Crippen LogP contribution in [-0.2, 0) is 22.7 Å². The normalized spacial score (nSPS) is 22.7. The van der Waals surface area contributed by atoms with Gasteiger partial charge in [0.25, 0.3) is 0 Å². The van der Waals surface area contributed by atoms with E-state index in [4.69, 9.17) is 9.72 Å². The van der Waals surface area contributed by atoms with Crippen LogP contribution in [0, 0.1) is 24.7 Å². The first-order valence-corrected chi connectivity index (χ1v) is 15.9. The summed E-state index contributed by atoms with van der Waals surface area (Å²) in [6, 6.07) is 14.8. The van der Waals surface area contributed by atoms with Gasteiger partial charge in [0.15, 0.2) is 5.13 Å². The molecule has 222 valence electrons. The second kappa shape index (κ2) is 12.1. The van der Waals surface area contributed by atoms with Crippen LogP contribution in [0.2, 0.25) is 0 Å². The number of aromatic nitrogens is 1. The summed E-state index contributed by atoms with van der Waals surface area (Å²) < 4.78 is 6.36. The number of para-hydroxylation sites is 1. The highest BCUT2D eigenvalue weighted by molar-refractivity contribution is 7.14. The van der Waals surface area contributed by atoms with Gasteiger partial charge in [-0.2, -0.15) is 0 Å². The number of carboxylic acid groups (broad SMARTS) is 1. The van der Waals surface area contributed by atoms with Crippen molar-refractivity contribution < 1.29 is 19.4 Å². The van der Waals surface area contributed by atoms with E-state index in [2.05, 4.69) is 54.2 Å². The van der Waals surface area contributed by atoms with Crippen molar-refractivity contribution in [2.24, 2.45) is 17.8 Å². The number of nitrogens with zero attached hydrogens (tertiary/aromatic N) is 4. The molecule has 2 saturated heterocycles. The van der Waals surface area contributed by atoms with E-state index in [1.807, 2.05) is 29.2 Å². The lowest BCUT2D eigenvalue weighted by atomic mass is 9.85. The van der Waals surface area contributed by atoms with E-state index in [0.29, 0.717) is 13.2 Å². The summed E-state index contributed by atoms with van der Waals surface area (Å²) in [4.78, 5) is 35.7. The van der Waals surface area contributed by atoms with Crippen LogP contribution in [0.1, 0.15) is 43.4 Å². The minimum absolute atomic E-state index is 0.205. The molecule has 9 heteroatoms. The number of carbonyl (C=O) groups excluding carboxylic acids is 1. The van der Waals surface area contributed by atoms with Gasteiger partial charge in [0.2, 0.25) is 5.91 Å². The van der Waals surface area contributed by atoms with Crippen molar-refractivity contribution in [1.82, 2.24) is 14.8 Å². The Morgan fingerprint density at radius 1 is 1.12 bits per heavy atom. The molecule has 1 amide bonds. The Labute approximate surface area is 251 Å². The van der Waals surface area contributed by atoms with Gasteiger partial charge in [-0.1, -0.05) is 30.3 Å². The maximum Gasteiger partial charge on any atom is 0.307 e. The number of aryl methyl sites for hydroxylation is 1. The SMILES string of the molecule is Cc1cc(CN2CCN(C(C)C)C(=O)C2)ccc1COc1ccccc1-c1csc(N2CC3CC[C@@H](C2)C3C(=O)O)n1. The lowest BCUT2D eigenvalue weighted by Gasteiger charge is -2.36. The molecule has 2 bridgehead atoms. The Bertz CT molecular complexity index is 1440. The van der Waals surface area contributed by atoms with Crippen molar-refractivity contribution in [2.75, 3.05) is 37.6 Å². The number of carboxylic acids is 1. The van der Waals surface area contributed by atoms with Crippen LogP contribution in [0.15, 0.2) is 47.8 Å². The maximum atomic E-state index is 12.5. The number of ether oxygens (including phenoxy) is 1. The number of piperazine rings is 1. The Balaban J connectivity index is 1.09. The second-order valence-electron chi connectivity index (χ2n) is 12.3. The van der Waals surface area contributed by atoms with E-state index in [9.17, 15) is 14.7 Å². The van der Waals surface area contributed by atoms with Crippen LogP contribution in [0.3, 0.4) is 0 Å². The van der Waals surface area contributed by atoms with Gasteiger partial charge in [-0.25, -0.2) is 4.98 Å². The third-order valence-electron chi connectivity index (χ3n) is 9.20. The van der Waals surface area contributed by atoms with Gasteiger partial charge in [0.05, 0.1) is 18.2 Å². The van der Waals surface area contributed by atoms with Gasteiger partial charge in [0, 0.05) is 49.7 Å². The minimum Gasteiger partial charge on any atom is -0.488 e. The number of rotatable bonds is 9. The van der Waals surface area contributed by atoms with E-state index < -0.39 is 5.97 Å². The first kappa shape index (κ1) is 28.7. The molecule has 1 aromatic heterocycles. The number of hydrogen-bond donors (Lipinski definition) is 1. The molecule has 42 heavy (non-hydrogen) atoms. The van der Waals surface area contributed by atoms with E-state index in [0.717, 1.165) is 73.3 Å². The first-order valence-electron chi connectivity index (χ1n) is 15.0. The number of aliphatic carboxylic acids is 1. The average molecular weight is 589 g/mol. The first-order chi connectivity index (χ1) is 20.3. The Kier molecular flexibility index (Phi) is 8.23. The number of benzene rings is 2. The van der Waals surface area contributed by atoms with Crippen molar-refractivity contribution in [2.45, 2.75) is 52.8 Å². The minimum atomic E-state index is -0.644. The molecule has 2 aromatic carbocycles. The molecule has 1 saturated carbocycles. The van der Waals surface area contributed by atoms with Gasteiger partial charge in [-0.15, -0.1) is 11.3 Å². The standard InChI is InChI=1S/C33H40N4O4S/c1-21(2)37-13-12-35(18-30(37)38)15-23-8-9-26(22(3)14-23)19-41-29-7-5-4-6-27(29)28-20-42-33(34-28)36-16-24-10-11-25(17-36)31(24)32(39)40/h4-9,14,20-21,24-25,31H,10-13,15-19H2,1-3H3,(H,39,40)/t24-,25?,31?/m0/s1. The average Bonchev–Trinajstić information content (AvgIpc) is 3.55. The molecular formula is C33H40N4O4S. The monoisotopic (exact) mass is 588 g/mol. The molecule has 1 aliphatic carbocycles. The Morgan fingerprint density at radius 3 is 2.57 bits per heavy atom. The van der Waals surface area contributed by atoms with Crippen LogP contribution in [-0.4, -0.2) is 70.5 Å². The predicted octanol–water partition coefficient (Wildman–Crippen LogP) is 5.30. The molecule has 2 unspecified atom stereocenters. The van der Waals surface area contributed by atoms with E-state index in [1.54, 1.807) is 11.3 Å². The molecule has 0 radical (unpaired) electrons. The summed E-state index contributed by atoms with van der Waals surface area (Å²) in [6.07, 6.45) is 1.98. The van der Waals surface area contributed by atoms with Crippen molar-refractivity contribution in [3.63, 3.8) is 0 Å². The fourth-order valence-electron chi connectivity index (χ4n) is 6.97. The van der Waals surface area contributed by atoms with E-state index in [1.165, 1.54) is 11.1 Å². The maximum absolute atomic E-state index is 12.5. The highest BCUT2D eigenvalue weighted by Crippen LogP contribution is 2.44. The second-order valence-corrected chi connectivity index (χ2v) is 13.2. The zero-order valence-electron chi connectivity index (χ0n) is 24.7. The van der Waals surface area contributed by atoms with Crippen molar-refractivity contribution in [3.8, 4) is 17.0 Å². The van der Waals surface area contributed by atoms with Crippen molar-refractivity contribution >= 4 is 28.3 Å². The predicted molar refractivity (Wildman–Crippen MR) is 165 cm³/mol. The Morgan fingerprint density at radius 2 is 1.88 bits per heavy atom. The smallest absolute Gasteiger partial charge is 0.307 e. The number of piperidine rings is 1. The summed E-state index contributed by atoms with van der Waals surface area (Å²) in [5, 5.41) is 12.7. The van der Waals surface area contributed by atoms with Crippen molar-refractivity contribution in [1.29, 1.82) is 0 Å². The molecule has 3 fully saturated rings. The van der Waals surface area contributed by atoms with E-state index >= 15 is 0 Å². The molecule has 8 nitrogen and oxygen atoms in total. The fourth-order valence-corrected chi connectivity index (χ4v) is 7.81. The topological polar surface area (TPSA) is 86.2 Å². The lowest BCUT2D eigenvalue weighted by molar-refractivity contribution is -0.145. The summed E-state index contributed by atoms with van der Waals surface area (Å²) in [6.45, 7) is 11.2. The van der Waals surface area contributed by atoms with Gasteiger partial charge in [0.1, 0.15) is 12.4 Å². The molecule has 3 aliphatic rings. The molecular weight excluding hydrogens is 548 g/mol. The zero-order chi connectivity index (χ0) is 29.4. The van der Waals surface area contributed by atoms with Crippen LogP contribution >= 0.6 is 11.3 Å². The third-order valence-corrected chi connectivity index (χ3v) is 10.1. The molecule has 6 rings (SSSR count). The van der Waals surface area contributed by atoms with Gasteiger partial charge >= 0.3 is 5.97 Å². The summed E-state index contributed by atoms with van der Waals surface area (Å²) in [5.41, 5.74) is 5.36. The van der Waals surface area contributed by atoms with Gasteiger partial charge in [-0.05, 0) is 74.3 Å². The summed E-state index contributed by atoms with van der Waals surface area (Å²) >= 11 is 1.62. The number of thiazole rings is 1. The number of amides is 1. The van der Waals surface area contributed by atoms with Crippen LogP contribution in [0.25, 0.3) is 11.3 Å². The molecule has 3 atom stereocenters. The number of hydrogen-bond acceptors (Lipinski definition) is 7. The van der Waals surface area contributed by atoms with Gasteiger partial charge in [-0.3, -0.25) is 14.5 Å². The van der Waals surface area contributed by atoms with Crippen molar-refractivity contribution in [3.05, 3.63) is 64.5 Å². The fraction of sp³-hybridized carbons (Fsp3) is 0.485. The largest absolute Gasteiger partial charge is 0.488 e. The van der Waals surface area contributed by atoms with Crippen LogP contribution in [0.4, 0.5) is 5.13 Å². The van der Waals surface area contributed by atoms with E-state index in [-0.39, 0.29) is 29.7 Å². The number of anilines is 1. The summed E-state index contributed by atoms with van der Waals surface area (Å²) in [7, 11) is 0. The molecule has 1 N–H and O–H groups in total. The Hall–Kier alpha value is -3.43. The lowest BCUT2D eigenvalue weighted by Crippen LogP contribution is -2.52. The molecule has 3 aromatic rings. The molecule has 2 aliphatic heterocycles.